The molecule has 2 atom stereocenters. The molecule has 1 amide bonds. The SMILES string of the molecule is C=CC(C)OC1CC(=O)N1. The standard InChI is InChI=1S/C7H11NO2/c1-3-5(2)10-7-4-6(9)8-7/h3,5,7H,1,4H2,2H3,(H,8,9). The molecule has 1 aliphatic heterocycles. The van der Waals surface area contributed by atoms with E-state index in [0.29, 0.717) is 6.42 Å². The molecule has 0 aliphatic carbocycles. The summed E-state index contributed by atoms with van der Waals surface area (Å²) in [6.07, 6.45) is 2.12. The molecule has 1 fully saturated rings. The molecule has 3 nitrogen and oxygen atoms in total. The number of carbonyl (C=O) groups is 1. The minimum Gasteiger partial charge on any atom is -0.351 e. The van der Waals surface area contributed by atoms with Crippen molar-refractivity contribution in [3.63, 3.8) is 0 Å². The normalized spacial score (nSPS) is 26.5. The molecule has 3 heteroatoms. The Morgan fingerprint density at radius 3 is 3.00 bits per heavy atom. The van der Waals surface area contributed by atoms with Gasteiger partial charge in [0.1, 0.15) is 6.23 Å². The largest absolute Gasteiger partial charge is 0.351 e. The second-order valence-corrected chi connectivity index (χ2v) is 2.34. The zero-order valence-corrected chi connectivity index (χ0v) is 5.96. The van der Waals surface area contributed by atoms with E-state index in [-0.39, 0.29) is 18.2 Å². The Morgan fingerprint density at radius 2 is 2.60 bits per heavy atom. The van der Waals surface area contributed by atoms with E-state index < -0.39 is 0 Å². The number of amides is 1. The van der Waals surface area contributed by atoms with Gasteiger partial charge < -0.3 is 10.1 Å². The first-order chi connectivity index (χ1) is 4.72. The fourth-order valence-electron chi connectivity index (χ4n) is 0.724. The average molecular weight is 141 g/mol. The quantitative estimate of drug-likeness (QED) is 0.457. The van der Waals surface area contributed by atoms with Crippen LogP contribution in [0.5, 0.6) is 0 Å². The van der Waals surface area contributed by atoms with Crippen molar-refractivity contribution in [1.29, 1.82) is 0 Å². The number of hydrogen-bond acceptors (Lipinski definition) is 2. The number of β-lactam (4-membered cyclic amide) rings is 1. The maximum atomic E-state index is 10.4. The van der Waals surface area contributed by atoms with Gasteiger partial charge in [-0.3, -0.25) is 4.79 Å². The van der Waals surface area contributed by atoms with Crippen molar-refractivity contribution in [2.45, 2.75) is 25.7 Å². The van der Waals surface area contributed by atoms with Gasteiger partial charge in [-0.25, -0.2) is 0 Å². The zero-order chi connectivity index (χ0) is 7.56. The highest BCUT2D eigenvalue weighted by atomic mass is 16.5. The Labute approximate surface area is 60.1 Å². The monoisotopic (exact) mass is 141 g/mol. The summed E-state index contributed by atoms with van der Waals surface area (Å²) in [5.41, 5.74) is 0. The topological polar surface area (TPSA) is 38.3 Å². The number of nitrogens with one attached hydrogen (secondary N) is 1. The zero-order valence-electron chi connectivity index (χ0n) is 5.96. The van der Waals surface area contributed by atoms with Crippen LogP contribution >= 0.6 is 0 Å². The predicted octanol–water partition coefficient (Wildman–Crippen LogP) is 0.423. The minimum absolute atomic E-state index is 0.0191. The van der Waals surface area contributed by atoms with Gasteiger partial charge in [-0.05, 0) is 6.92 Å². The van der Waals surface area contributed by atoms with E-state index in [1.54, 1.807) is 6.08 Å². The van der Waals surface area contributed by atoms with E-state index in [4.69, 9.17) is 4.74 Å². The van der Waals surface area contributed by atoms with Crippen LogP contribution in [0.4, 0.5) is 0 Å². The van der Waals surface area contributed by atoms with E-state index in [1.165, 1.54) is 0 Å². The second kappa shape index (κ2) is 2.84. The summed E-state index contributed by atoms with van der Waals surface area (Å²) < 4.78 is 5.26. The van der Waals surface area contributed by atoms with Gasteiger partial charge in [0.05, 0.1) is 12.5 Å². The molecule has 56 valence electrons. The van der Waals surface area contributed by atoms with Gasteiger partial charge in [0, 0.05) is 0 Å². The third-order valence-corrected chi connectivity index (χ3v) is 1.40. The molecule has 0 aromatic heterocycles. The fraction of sp³-hybridized carbons (Fsp3) is 0.571. The Balaban J connectivity index is 2.15. The highest BCUT2D eigenvalue weighted by molar-refractivity contribution is 5.82. The lowest BCUT2D eigenvalue weighted by atomic mass is 10.2. The summed E-state index contributed by atoms with van der Waals surface area (Å²) in [5.74, 6) is 0.0567. The summed E-state index contributed by atoms with van der Waals surface area (Å²) in [6.45, 7) is 5.44. The maximum absolute atomic E-state index is 10.4. The molecule has 0 radical (unpaired) electrons. The summed E-state index contributed by atoms with van der Waals surface area (Å²) >= 11 is 0. The van der Waals surface area contributed by atoms with Crippen molar-refractivity contribution in [3.8, 4) is 0 Å². The van der Waals surface area contributed by atoms with Crippen molar-refractivity contribution in [2.24, 2.45) is 0 Å². The molecule has 1 rings (SSSR count). The summed E-state index contributed by atoms with van der Waals surface area (Å²) in [4.78, 5) is 10.4. The molecular formula is C7H11NO2. The van der Waals surface area contributed by atoms with Crippen molar-refractivity contribution < 1.29 is 9.53 Å². The Kier molecular flexibility index (Phi) is 2.06. The van der Waals surface area contributed by atoms with Gasteiger partial charge in [0.15, 0.2) is 0 Å². The van der Waals surface area contributed by atoms with Gasteiger partial charge in [-0.15, -0.1) is 6.58 Å². The van der Waals surface area contributed by atoms with E-state index in [2.05, 4.69) is 11.9 Å². The van der Waals surface area contributed by atoms with Crippen molar-refractivity contribution in [2.75, 3.05) is 0 Å². The Morgan fingerprint density at radius 1 is 2.00 bits per heavy atom. The van der Waals surface area contributed by atoms with Gasteiger partial charge in [-0.2, -0.15) is 0 Å². The van der Waals surface area contributed by atoms with Crippen molar-refractivity contribution in [1.82, 2.24) is 5.32 Å². The van der Waals surface area contributed by atoms with Gasteiger partial charge in [0.25, 0.3) is 0 Å². The lowest BCUT2D eigenvalue weighted by Crippen LogP contribution is -2.51. The van der Waals surface area contributed by atoms with Crippen molar-refractivity contribution >= 4 is 5.91 Å². The number of hydrogen-bond donors (Lipinski definition) is 1. The van der Waals surface area contributed by atoms with Gasteiger partial charge in [-0.1, -0.05) is 6.08 Å². The van der Waals surface area contributed by atoms with Crippen LogP contribution in [-0.4, -0.2) is 18.2 Å². The predicted molar refractivity (Wildman–Crippen MR) is 37.3 cm³/mol. The first kappa shape index (κ1) is 7.28. The molecule has 1 N–H and O–H groups in total. The molecule has 0 saturated carbocycles. The summed E-state index contributed by atoms with van der Waals surface area (Å²) in [6, 6.07) is 0. The van der Waals surface area contributed by atoms with Crippen LogP contribution in [0.1, 0.15) is 13.3 Å². The van der Waals surface area contributed by atoms with Crippen LogP contribution in [0.3, 0.4) is 0 Å². The van der Waals surface area contributed by atoms with Crippen LogP contribution in [0.15, 0.2) is 12.7 Å². The number of ether oxygens (including phenoxy) is 1. The van der Waals surface area contributed by atoms with E-state index in [0.717, 1.165) is 0 Å². The smallest absolute Gasteiger partial charge is 0.226 e. The van der Waals surface area contributed by atoms with Gasteiger partial charge in [0.2, 0.25) is 5.91 Å². The number of carbonyl (C=O) groups excluding carboxylic acids is 1. The third kappa shape index (κ3) is 1.57. The molecule has 1 heterocycles. The fourth-order valence-corrected chi connectivity index (χ4v) is 0.724. The Bertz CT molecular complexity index is 148. The average Bonchev–Trinajstić information content (AvgIpc) is 1.84. The van der Waals surface area contributed by atoms with E-state index in [1.807, 2.05) is 6.92 Å². The summed E-state index contributed by atoms with van der Waals surface area (Å²) in [7, 11) is 0. The number of rotatable bonds is 3. The maximum Gasteiger partial charge on any atom is 0.226 e. The molecular weight excluding hydrogens is 130 g/mol. The highest BCUT2D eigenvalue weighted by Gasteiger charge is 2.26. The van der Waals surface area contributed by atoms with Crippen LogP contribution < -0.4 is 5.32 Å². The highest BCUT2D eigenvalue weighted by Crippen LogP contribution is 2.08. The van der Waals surface area contributed by atoms with Crippen LogP contribution in [0.25, 0.3) is 0 Å². The summed E-state index contributed by atoms with van der Waals surface area (Å²) in [5, 5.41) is 2.60. The molecule has 0 aromatic carbocycles. The van der Waals surface area contributed by atoms with E-state index >= 15 is 0 Å². The molecule has 1 saturated heterocycles. The molecule has 0 bridgehead atoms. The molecule has 0 aromatic rings. The second-order valence-electron chi connectivity index (χ2n) is 2.34. The Hall–Kier alpha value is -0.830. The van der Waals surface area contributed by atoms with Crippen LogP contribution in [-0.2, 0) is 9.53 Å². The molecule has 1 aliphatic rings. The van der Waals surface area contributed by atoms with Gasteiger partial charge >= 0.3 is 0 Å². The lowest BCUT2D eigenvalue weighted by molar-refractivity contribution is -0.142. The third-order valence-electron chi connectivity index (χ3n) is 1.40. The first-order valence-electron chi connectivity index (χ1n) is 3.29. The molecule has 2 unspecified atom stereocenters. The van der Waals surface area contributed by atoms with Crippen LogP contribution in [0, 0.1) is 0 Å². The first-order valence-corrected chi connectivity index (χ1v) is 3.29. The molecule has 10 heavy (non-hydrogen) atoms. The van der Waals surface area contributed by atoms with E-state index in [9.17, 15) is 4.79 Å². The minimum atomic E-state index is -0.0829. The molecule has 0 spiro atoms. The van der Waals surface area contributed by atoms with Crippen molar-refractivity contribution in [3.05, 3.63) is 12.7 Å². The lowest BCUT2D eigenvalue weighted by Gasteiger charge is -2.28. The van der Waals surface area contributed by atoms with Crippen LogP contribution in [0.2, 0.25) is 0 Å².